The summed E-state index contributed by atoms with van der Waals surface area (Å²) in [4.78, 5) is 38.0. The van der Waals surface area contributed by atoms with Gasteiger partial charge in [0.05, 0.1) is 24.2 Å². The second-order valence-corrected chi connectivity index (χ2v) is 8.52. The van der Waals surface area contributed by atoms with E-state index in [4.69, 9.17) is 4.74 Å². The Morgan fingerprint density at radius 1 is 1.18 bits per heavy atom. The third kappa shape index (κ3) is 2.85. The monoisotopic (exact) mass is 387 g/mol. The Labute approximate surface area is 165 Å². The Balaban J connectivity index is 1.36. The van der Waals surface area contributed by atoms with E-state index in [1.165, 1.54) is 0 Å². The number of ether oxygens (including phenoxy) is 1. The minimum absolute atomic E-state index is 0.0666. The van der Waals surface area contributed by atoms with E-state index in [2.05, 4.69) is 20.2 Å². The number of aromatic amines is 1. The van der Waals surface area contributed by atoms with Crippen molar-refractivity contribution < 1.29 is 14.3 Å². The van der Waals surface area contributed by atoms with Crippen molar-refractivity contribution in [2.45, 2.75) is 50.2 Å². The highest BCUT2D eigenvalue weighted by atomic mass is 16.5. The van der Waals surface area contributed by atoms with E-state index in [0.29, 0.717) is 32.1 Å². The second-order valence-electron chi connectivity index (χ2n) is 8.52. The number of H-pyrrole nitrogens is 1. The summed E-state index contributed by atoms with van der Waals surface area (Å²) in [5, 5.41) is 3.23. The number of imidazole rings is 1. The van der Waals surface area contributed by atoms with Crippen molar-refractivity contribution in [3.8, 4) is 0 Å². The molecule has 4 aliphatic rings. The molecule has 2 saturated heterocycles. The number of morpholine rings is 1. The van der Waals surface area contributed by atoms with Gasteiger partial charge in [0.25, 0.3) is 5.91 Å². The van der Waals surface area contributed by atoms with Crippen LogP contribution in [0.3, 0.4) is 0 Å². The molecule has 28 heavy (non-hydrogen) atoms. The average molecular weight is 387 g/mol. The van der Waals surface area contributed by atoms with Crippen LogP contribution in [0.2, 0.25) is 0 Å². The van der Waals surface area contributed by atoms with Gasteiger partial charge >= 0.3 is 0 Å². The van der Waals surface area contributed by atoms with Gasteiger partial charge in [-0.2, -0.15) is 0 Å². The fourth-order valence-corrected chi connectivity index (χ4v) is 5.21. The van der Waals surface area contributed by atoms with Gasteiger partial charge < -0.3 is 24.8 Å². The van der Waals surface area contributed by atoms with Gasteiger partial charge in [0.2, 0.25) is 5.91 Å². The SMILES string of the molecule is O=C([C@H]1CNCCO1)N1CCC2(CC1)c1nc[nH]c1CCN2C(=O)C1CCC1. The third-order valence-corrected chi connectivity index (χ3v) is 7.09. The van der Waals surface area contributed by atoms with Gasteiger partial charge in [-0.1, -0.05) is 6.42 Å². The highest BCUT2D eigenvalue weighted by Crippen LogP contribution is 2.44. The zero-order valence-electron chi connectivity index (χ0n) is 16.3. The van der Waals surface area contributed by atoms with Crippen LogP contribution in [-0.4, -0.2) is 77.0 Å². The number of hydrogen-bond donors (Lipinski definition) is 2. The van der Waals surface area contributed by atoms with Gasteiger partial charge in [-0.25, -0.2) is 4.98 Å². The molecule has 5 rings (SSSR count). The molecular weight excluding hydrogens is 358 g/mol. The first kappa shape index (κ1) is 18.1. The zero-order valence-corrected chi connectivity index (χ0v) is 16.3. The molecule has 2 N–H and O–H groups in total. The molecule has 8 heteroatoms. The van der Waals surface area contributed by atoms with E-state index in [1.54, 1.807) is 6.33 Å². The van der Waals surface area contributed by atoms with E-state index >= 15 is 0 Å². The number of rotatable bonds is 2. The molecule has 3 fully saturated rings. The number of likely N-dealkylation sites (tertiary alicyclic amines) is 1. The van der Waals surface area contributed by atoms with Crippen LogP contribution in [0.1, 0.15) is 43.5 Å². The maximum absolute atomic E-state index is 13.2. The van der Waals surface area contributed by atoms with Crippen molar-refractivity contribution >= 4 is 11.8 Å². The lowest BCUT2D eigenvalue weighted by Crippen LogP contribution is -2.61. The predicted molar refractivity (Wildman–Crippen MR) is 101 cm³/mol. The Bertz CT molecular complexity index is 745. The molecule has 3 aliphatic heterocycles. The number of amides is 2. The summed E-state index contributed by atoms with van der Waals surface area (Å²) < 4.78 is 5.65. The fraction of sp³-hybridized carbons (Fsp3) is 0.750. The molecule has 2 amide bonds. The molecule has 1 atom stereocenters. The summed E-state index contributed by atoms with van der Waals surface area (Å²) in [5.74, 6) is 0.537. The van der Waals surface area contributed by atoms with E-state index < -0.39 is 0 Å². The van der Waals surface area contributed by atoms with Crippen LogP contribution in [0.5, 0.6) is 0 Å². The summed E-state index contributed by atoms with van der Waals surface area (Å²) in [7, 11) is 0. The average Bonchev–Trinajstić information content (AvgIpc) is 3.18. The molecule has 0 unspecified atom stereocenters. The minimum Gasteiger partial charge on any atom is -0.366 e. The van der Waals surface area contributed by atoms with Crippen LogP contribution in [0, 0.1) is 5.92 Å². The van der Waals surface area contributed by atoms with Crippen molar-refractivity contribution in [3.63, 3.8) is 0 Å². The Morgan fingerprint density at radius 3 is 2.68 bits per heavy atom. The van der Waals surface area contributed by atoms with E-state index in [-0.39, 0.29) is 23.5 Å². The number of fused-ring (bicyclic) bond motifs is 2. The maximum atomic E-state index is 13.2. The summed E-state index contributed by atoms with van der Waals surface area (Å²) in [5.41, 5.74) is 1.80. The number of hydrogen-bond acceptors (Lipinski definition) is 5. The largest absolute Gasteiger partial charge is 0.366 e. The molecule has 1 aromatic rings. The van der Waals surface area contributed by atoms with Crippen molar-refractivity contribution in [1.29, 1.82) is 0 Å². The zero-order chi connectivity index (χ0) is 19.1. The number of nitrogens with zero attached hydrogens (tertiary/aromatic N) is 3. The van der Waals surface area contributed by atoms with Gasteiger partial charge in [0.1, 0.15) is 6.10 Å². The van der Waals surface area contributed by atoms with Crippen LogP contribution < -0.4 is 5.32 Å². The molecule has 4 heterocycles. The number of carbonyl (C=O) groups excluding carboxylic acids is 2. The predicted octanol–water partition coefficient (Wildman–Crippen LogP) is 0.401. The Morgan fingerprint density at radius 2 is 2.00 bits per heavy atom. The highest BCUT2D eigenvalue weighted by Gasteiger charge is 2.50. The van der Waals surface area contributed by atoms with Gasteiger partial charge in [-0.05, 0) is 25.7 Å². The maximum Gasteiger partial charge on any atom is 0.253 e. The van der Waals surface area contributed by atoms with Crippen molar-refractivity contribution in [1.82, 2.24) is 25.1 Å². The first-order chi connectivity index (χ1) is 13.7. The van der Waals surface area contributed by atoms with Crippen LogP contribution in [0.25, 0.3) is 0 Å². The summed E-state index contributed by atoms with van der Waals surface area (Å²) in [6.45, 7) is 3.98. The Hall–Kier alpha value is -1.93. The molecule has 0 aromatic carbocycles. The Kier molecular flexibility index (Phi) is 4.63. The van der Waals surface area contributed by atoms with Crippen LogP contribution >= 0.6 is 0 Å². The van der Waals surface area contributed by atoms with Crippen LogP contribution in [0.15, 0.2) is 6.33 Å². The van der Waals surface area contributed by atoms with Crippen molar-refractivity contribution in [2.75, 3.05) is 39.3 Å². The highest BCUT2D eigenvalue weighted by molar-refractivity contribution is 5.82. The molecule has 1 spiro atoms. The van der Waals surface area contributed by atoms with Gasteiger partial charge in [-0.15, -0.1) is 0 Å². The summed E-state index contributed by atoms with van der Waals surface area (Å²) >= 11 is 0. The van der Waals surface area contributed by atoms with Crippen molar-refractivity contribution in [3.05, 3.63) is 17.7 Å². The second kappa shape index (κ2) is 7.15. The molecule has 1 aromatic heterocycles. The molecule has 8 nitrogen and oxygen atoms in total. The van der Waals surface area contributed by atoms with Gasteiger partial charge in [-0.3, -0.25) is 9.59 Å². The quantitative estimate of drug-likeness (QED) is 0.767. The van der Waals surface area contributed by atoms with Crippen molar-refractivity contribution in [2.24, 2.45) is 5.92 Å². The standard InChI is InChI=1S/C20H29N5O3/c26-18(14-2-1-3-14)25-8-4-15-17(23-13-22-15)20(25)5-9-24(10-6-20)19(27)16-12-21-7-11-28-16/h13-14,16,21H,1-12H2,(H,22,23)/t16-/m1/s1. The molecule has 0 radical (unpaired) electrons. The van der Waals surface area contributed by atoms with E-state index in [1.807, 2.05) is 4.90 Å². The van der Waals surface area contributed by atoms with Gasteiger partial charge in [0.15, 0.2) is 0 Å². The lowest BCUT2D eigenvalue weighted by Gasteiger charge is -2.52. The number of carbonyl (C=O) groups is 2. The molecule has 1 saturated carbocycles. The third-order valence-electron chi connectivity index (χ3n) is 7.09. The molecule has 152 valence electrons. The lowest BCUT2D eigenvalue weighted by molar-refractivity contribution is -0.154. The fourth-order valence-electron chi connectivity index (χ4n) is 5.21. The smallest absolute Gasteiger partial charge is 0.253 e. The molecule has 0 bridgehead atoms. The lowest BCUT2D eigenvalue weighted by atomic mass is 9.76. The first-order valence-corrected chi connectivity index (χ1v) is 10.6. The van der Waals surface area contributed by atoms with E-state index in [0.717, 1.165) is 63.0 Å². The number of piperidine rings is 1. The number of aromatic nitrogens is 2. The first-order valence-electron chi connectivity index (χ1n) is 10.6. The summed E-state index contributed by atoms with van der Waals surface area (Å²) in [6.07, 6.45) is 6.86. The van der Waals surface area contributed by atoms with Gasteiger partial charge in [0, 0.05) is 50.8 Å². The normalized spacial score (nSPS) is 27.4. The van der Waals surface area contributed by atoms with E-state index in [9.17, 15) is 9.59 Å². The van der Waals surface area contributed by atoms with Crippen LogP contribution in [0.4, 0.5) is 0 Å². The minimum atomic E-state index is -0.386. The molecular formula is C20H29N5O3. The topological polar surface area (TPSA) is 90.6 Å². The summed E-state index contributed by atoms with van der Waals surface area (Å²) in [6, 6.07) is 0. The number of nitrogens with one attached hydrogen (secondary N) is 2. The molecule has 1 aliphatic carbocycles. The van der Waals surface area contributed by atoms with Crippen LogP contribution in [-0.2, 0) is 26.3 Å².